The first-order valence-corrected chi connectivity index (χ1v) is 7.16. The van der Waals surface area contributed by atoms with Crippen LogP contribution in [-0.2, 0) is 0 Å². The number of hydrogen-bond donors (Lipinski definition) is 1. The average molecular weight is 325 g/mol. The molecule has 0 aromatic heterocycles. The van der Waals surface area contributed by atoms with Gasteiger partial charge in [-0.2, -0.15) is 10.2 Å². The monoisotopic (exact) mass is 325 g/mol. The minimum absolute atomic E-state index is 0.00588. The van der Waals surface area contributed by atoms with E-state index in [0.29, 0.717) is 10.6 Å². The molecule has 1 unspecified atom stereocenters. The first kappa shape index (κ1) is 15.0. The Kier molecular flexibility index (Phi) is 3.94. The fourth-order valence-corrected chi connectivity index (χ4v) is 2.50. The van der Waals surface area contributed by atoms with Gasteiger partial charge in [-0.05, 0) is 29.3 Å². The predicted molar refractivity (Wildman–Crippen MR) is 90.0 cm³/mol. The van der Waals surface area contributed by atoms with E-state index in [0.717, 1.165) is 11.1 Å². The SMILES string of the molecule is O=[N+]([O-])c1ccc(N=NC2C(=S)C(O)=Cc3ccccc32)cc1. The zero-order valence-corrected chi connectivity index (χ0v) is 12.6. The number of thiocarbonyl (C=S) groups is 1. The van der Waals surface area contributed by atoms with Gasteiger partial charge in [0.1, 0.15) is 11.8 Å². The normalized spacial score (nSPS) is 17.0. The highest BCUT2D eigenvalue weighted by Gasteiger charge is 2.26. The van der Waals surface area contributed by atoms with Crippen LogP contribution in [-0.4, -0.2) is 14.9 Å². The van der Waals surface area contributed by atoms with Gasteiger partial charge < -0.3 is 5.11 Å². The van der Waals surface area contributed by atoms with Crippen LogP contribution in [0.15, 0.2) is 64.5 Å². The lowest BCUT2D eigenvalue weighted by molar-refractivity contribution is -0.384. The molecule has 0 spiro atoms. The Morgan fingerprint density at radius 2 is 1.83 bits per heavy atom. The Labute approximate surface area is 137 Å². The smallest absolute Gasteiger partial charge is 0.269 e. The summed E-state index contributed by atoms with van der Waals surface area (Å²) in [6.07, 6.45) is 1.61. The van der Waals surface area contributed by atoms with Gasteiger partial charge in [-0.1, -0.05) is 36.5 Å². The van der Waals surface area contributed by atoms with Crippen molar-refractivity contribution >= 4 is 34.5 Å². The summed E-state index contributed by atoms with van der Waals surface area (Å²) in [5.41, 5.74) is 2.17. The lowest BCUT2D eigenvalue weighted by Gasteiger charge is -2.20. The molecule has 23 heavy (non-hydrogen) atoms. The highest BCUT2D eigenvalue weighted by atomic mass is 32.1. The van der Waals surface area contributed by atoms with Gasteiger partial charge in [-0.15, -0.1) is 0 Å². The first-order valence-electron chi connectivity index (χ1n) is 6.75. The molecule has 0 bridgehead atoms. The van der Waals surface area contributed by atoms with Crippen LogP contribution in [0.25, 0.3) is 6.08 Å². The van der Waals surface area contributed by atoms with E-state index in [1.165, 1.54) is 24.3 Å². The van der Waals surface area contributed by atoms with Crippen molar-refractivity contribution in [3.63, 3.8) is 0 Å². The molecule has 0 aliphatic heterocycles. The topological polar surface area (TPSA) is 88.1 Å². The third-order valence-corrected chi connectivity index (χ3v) is 3.87. The molecule has 1 N–H and O–H groups in total. The van der Waals surface area contributed by atoms with E-state index in [1.807, 2.05) is 24.3 Å². The van der Waals surface area contributed by atoms with Gasteiger partial charge in [-0.3, -0.25) is 10.1 Å². The lowest BCUT2D eigenvalue weighted by Crippen LogP contribution is -2.15. The highest BCUT2D eigenvalue weighted by Crippen LogP contribution is 2.33. The molecule has 114 valence electrons. The van der Waals surface area contributed by atoms with Crippen LogP contribution < -0.4 is 0 Å². The van der Waals surface area contributed by atoms with E-state index in [2.05, 4.69) is 10.2 Å². The quantitative estimate of drug-likeness (QED) is 0.383. The van der Waals surface area contributed by atoms with Gasteiger partial charge in [0.2, 0.25) is 0 Å². The standard InChI is InChI=1S/C16H11N3O3S/c20-14-9-10-3-1-2-4-13(10)15(16(14)23)18-17-11-5-7-12(8-6-11)19(21)22/h1-9,15,20H. The van der Waals surface area contributed by atoms with E-state index < -0.39 is 11.0 Å². The number of non-ortho nitro benzene ring substituents is 1. The molecule has 1 aliphatic rings. The van der Waals surface area contributed by atoms with Crippen molar-refractivity contribution in [2.24, 2.45) is 10.2 Å². The molecule has 7 heteroatoms. The van der Waals surface area contributed by atoms with Gasteiger partial charge in [0.05, 0.1) is 15.5 Å². The summed E-state index contributed by atoms with van der Waals surface area (Å²) in [4.78, 5) is 10.5. The van der Waals surface area contributed by atoms with Crippen molar-refractivity contribution in [1.29, 1.82) is 0 Å². The van der Waals surface area contributed by atoms with Crippen molar-refractivity contribution in [2.75, 3.05) is 0 Å². The van der Waals surface area contributed by atoms with E-state index in [4.69, 9.17) is 12.2 Å². The Morgan fingerprint density at radius 3 is 2.52 bits per heavy atom. The second-order valence-electron chi connectivity index (χ2n) is 4.91. The van der Waals surface area contributed by atoms with Crippen molar-refractivity contribution in [1.82, 2.24) is 0 Å². The van der Waals surface area contributed by atoms with Crippen molar-refractivity contribution < 1.29 is 10.0 Å². The number of azo groups is 1. The number of rotatable bonds is 3. The Morgan fingerprint density at radius 1 is 1.13 bits per heavy atom. The molecule has 1 atom stereocenters. The van der Waals surface area contributed by atoms with Gasteiger partial charge in [-0.25, -0.2) is 0 Å². The largest absolute Gasteiger partial charge is 0.507 e. The average Bonchev–Trinajstić information content (AvgIpc) is 2.55. The van der Waals surface area contributed by atoms with Crippen LogP contribution in [0.2, 0.25) is 0 Å². The minimum atomic E-state index is -0.554. The van der Waals surface area contributed by atoms with E-state index in [-0.39, 0.29) is 11.4 Å². The van der Waals surface area contributed by atoms with E-state index in [9.17, 15) is 15.2 Å². The fourth-order valence-electron chi connectivity index (χ4n) is 2.27. The highest BCUT2D eigenvalue weighted by molar-refractivity contribution is 7.81. The maximum absolute atomic E-state index is 10.6. The number of hydrogen-bond acceptors (Lipinski definition) is 6. The van der Waals surface area contributed by atoms with Gasteiger partial charge in [0.15, 0.2) is 0 Å². The van der Waals surface area contributed by atoms with E-state index >= 15 is 0 Å². The van der Waals surface area contributed by atoms with Crippen LogP contribution in [0.1, 0.15) is 17.2 Å². The third-order valence-electron chi connectivity index (χ3n) is 3.43. The van der Waals surface area contributed by atoms with Gasteiger partial charge >= 0.3 is 0 Å². The number of aliphatic hydroxyl groups excluding tert-OH is 1. The predicted octanol–water partition coefficient (Wildman–Crippen LogP) is 4.70. The maximum Gasteiger partial charge on any atom is 0.269 e. The second-order valence-corrected chi connectivity index (χ2v) is 5.35. The van der Waals surface area contributed by atoms with Gasteiger partial charge in [0, 0.05) is 12.1 Å². The Hall–Kier alpha value is -2.93. The molecule has 0 radical (unpaired) electrons. The van der Waals surface area contributed by atoms with Crippen LogP contribution >= 0.6 is 12.2 Å². The summed E-state index contributed by atoms with van der Waals surface area (Å²) in [5.74, 6) is 0.00588. The summed E-state index contributed by atoms with van der Waals surface area (Å²) < 4.78 is 0. The van der Waals surface area contributed by atoms with E-state index in [1.54, 1.807) is 6.08 Å². The Balaban J connectivity index is 1.91. The summed E-state index contributed by atoms with van der Waals surface area (Å²) in [7, 11) is 0. The van der Waals surface area contributed by atoms with Crippen LogP contribution in [0.5, 0.6) is 0 Å². The van der Waals surface area contributed by atoms with Crippen LogP contribution in [0, 0.1) is 10.1 Å². The molecule has 0 amide bonds. The molecule has 0 saturated carbocycles. The molecular weight excluding hydrogens is 314 g/mol. The summed E-state index contributed by atoms with van der Waals surface area (Å²) in [6, 6.07) is 12.7. The number of benzene rings is 2. The number of nitrogens with zero attached hydrogens (tertiary/aromatic N) is 3. The first-order chi connectivity index (χ1) is 11.1. The van der Waals surface area contributed by atoms with Gasteiger partial charge in [0.25, 0.3) is 5.69 Å². The maximum atomic E-state index is 10.6. The summed E-state index contributed by atoms with van der Waals surface area (Å²) >= 11 is 5.24. The molecule has 6 nitrogen and oxygen atoms in total. The number of nitro benzene ring substituents is 1. The van der Waals surface area contributed by atoms with Crippen molar-refractivity contribution in [3.05, 3.63) is 75.5 Å². The van der Waals surface area contributed by atoms with Crippen molar-refractivity contribution in [2.45, 2.75) is 6.04 Å². The Bertz CT molecular complexity index is 844. The molecule has 0 heterocycles. The van der Waals surface area contributed by atoms with Crippen molar-refractivity contribution in [3.8, 4) is 0 Å². The summed E-state index contributed by atoms with van der Waals surface area (Å²) in [5, 5.41) is 28.9. The molecule has 0 fully saturated rings. The minimum Gasteiger partial charge on any atom is -0.507 e. The number of aliphatic hydroxyl groups is 1. The summed E-state index contributed by atoms with van der Waals surface area (Å²) in [6.45, 7) is 0. The zero-order valence-electron chi connectivity index (χ0n) is 11.8. The number of fused-ring (bicyclic) bond motifs is 1. The van der Waals surface area contributed by atoms with Crippen LogP contribution in [0.3, 0.4) is 0 Å². The zero-order chi connectivity index (χ0) is 16.4. The molecule has 2 aromatic carbocycles. The molecule has 3 rings (SSSR count). The molecule has 2 aromatic rings. The third kappa shape index (κ3) is 3.00. The molecule has 0 saturated heterocycles. The van der Waals surface area contributed by atoms with Crippen LogP contribution in [0.4, 0.5) is 11.4 Å². The molecular formula is C16H11N3O3S. The fraction of sp³-hybridized carbons (Fsp3) is 0.0625. The lowest BCUT2D eigenvalue weighted by atomic mass is 9.92. The second kappa shape index (κ2) is 6.05. The number of nitro groups is 1. The molecule has 1 aliphatic carbocycles.